The van der Waals surface area contributed by atoms with Gasteiger partial charge in [0.25, 0.3) is 0 Å². The van der Waals surface area contributed by atoms with Gasteiger partial charge in [0.2, 0.25) is 0 Å². The van der Waals surface area contributed by atoms with E-state index in [-0.39, 0.29) is 6.61 Å². The molecule has 0 fully saturated rings. The van der Waals surface area contributed by atoms with Crippen LogP contribution in [0, 0.1) is 5.92 Å². The lowest BCUT2D eigenvalue weighted by Gasteiger charge is -2.13. The van der Waals surface area contributed by atoms with Gasteiger partial charge in [0.1, 0.15) is 0 Å². The summed E-state index contributed by atoms with van der Waals surface area (Å²) in [6.07, 6.45) is 15.5. The van der Waals surface area contributed by atoms with E-state index in [0.29, 0.717) is 12.5 Å². The summed E-state index contributed by atoms with van der Waals surface area (Å²) < 4.78 is 0. The van der Waals surface area contributed by atoms with Gasteiger partial charge in [-0.1, -0.05) is 78.1 Å². The second-order valence-electron chi connectivity index (χ2n) is 6.49. The van der Waals surface area contributed by atoms with Crippen LogP contribution >= 0.6 is 0 Å². The molecule has 0 aromatic heterocycles. The average Bonchev–Trinajstić information content (AvgIpc) is 2.53. The maximum absolute atomic E-state index is 9.32. The van der Waals surface area contributed by atoms with Gasteiger partial charge in [-0.05, 0) is 25.7 Å². The fourth-order valence-corrected chi connectivity index (χ4v) is 2.40. The molecule has 3 heteroatoms. The summed E-state index contributed by atoms with van der Waals surface area (Å²) in [6, 6.07) is 0. The molecule has 0 aliphatic rings. The summed E-state index contributed by atoms with van der Waals surface area (Å²) in [7, 11) is 0. The lowest BCUT2D eigenvalue weighted by molar-refractivity contribution is 0.110. The fourth-order valence-electron chi connectivity index (χ4n) is 2.40. The van der Waals surface area contributed by atoms with E-state index in [1.807, 2.05) is 0 Å². The summed E-state index contributed by atoms with van der Waals surface area (Å²) in [6.45, 7) is 6.30. The Bertz CT molecular complexity index is 184. The van der Waals surface area contributed by atoms with Crippen LogP contribution in [0.4, 0.5) is 0 Å². The summed E-state index contributed by atoms with van der Waals surface area (Å²) in [5.74, 6) is 0.582. The molecule has 0 aromatic rings. The first-order chi connectivity index (χ1) is 10.6. The summed E-state index contributed by atoms with van der Waals surface area (Å²) in [4.78, 5) is 0. The fraction of sp³-hybridized carbons (Fsp3) is 1.00. The molecule has 0 rings (SSSR count). The van der Waals surface area contributed by atoms with Crippen LogP contribution in [0.25, 0.3) is 0 Å². The monoisotopic (exact) mass is 318 g/mol. The third-order valence-corrected chi connectivity index (χ3v) is 3.95. The molecule has 0 radical (unpaired) electrons. The van der Waals surface area contributed by atoms with E-state index in [4.69, 9.17) is 10.2 Å². The number of hydrogen-bond donors (Lipinski definition) is 3. The van der Waals surface area contributed by atoms with Crippen molar-refractivity contribution in [2.24, 2.45) is 5.92 Å². The number of rotatable bonds is 14. The molecular weight excluding hydrogens is 276 g/mol. The van der Waals surface area contributed by atoms with Crippen molar-refractivity contribution in [2.75, 3.05) is 13.2 Å². The van der Waals surface area contributed by atoms with Crippen LogP contribution in [0.15, 0.2) is 0 Å². The molecule has 0 saturated heterocycles. The summed E-state index contributed by atoms with van der Waals surface area (Å²) in [5.41, 5.74) is 0. The molecule has 0 aliphatic carbocycles. The zero-order chi connectivity index (χ0) is 17.1. The van der Waals surface area contributed by atoms with Crippen LogP contribution in [-0.4, -0.2) is 34.6 Å². The minimum Gasteiger partial charge on any atom is -0.396 e. The third-order valence-electron chi connectivity index (χ3n) is 3.95. The Morgan fingerprint density at radius 2 is 1.00 bits per heavy atom. The zero-order valence-corrected chi connectivity index (χ0v) is 15.4. The Morgan fingerprint density at radius 1 is 0.636 bits per heavy atom. The Hall–Kier alpha value is -0.120. The van der Waals surface area contributed by atoms with Crippen molar-refractivity contribution in [3.63, 3.8) is 0 Å². The van der Waals surface area contributed by atoms with Gasteiger partial charge in [0, 0.05) is 6.61 Å². The number of hydrogen-bond acceptors (Lipinski definition) is 3. The lowest BCUT2D eigenvalue weighted by atomic mass is 9.95. The highest BCUT2D eigenvalue weighted by Gasteiger charge is 2.06. The van der Waals surface area contributed by atoms with Gasteiger partial charge in [0.05, 0.1) is 12.7 Å². The molecular formula is C19H42O3. The highest BCUT2D eigenvalue weighted by Crippen LogP contribution is 2.18. The second-order valence-corrected chi connectivity index (χ2v) is 6.49. The largest absolute Gasteiger partial charge is 0.396 e. The van der Waals surface area contributed by atoms with Crippen LogP contribution in [0.5, 0.6) is 0 Å². The van der Waals surface area contributed by atoms with Gasteiger partial charge < -0.3 is 15.3 Å². The average molecular weight is 319 g/mol. The van der Waals surface area contributed by atoms with Gasteiger partial charge in [-0.3, -0.25) is 0 Å². The van der Waals surface area contributed by atoms with Crippen molar-refractivity contribution in [2.45, 2.75) is 104 Å². The Balaban J connectivity index is 0. The Morgan fingerprint density at radius 3 is 1.36 bits per heavy atom. The van der Waals surface area contributed by atoms with Gasteiger partial charge in [0.15, 0.2) is 0 Å². The predicted molar refractivity (Wildman–Crippen MR) is 96.1 cm³/mol. The molecule has 0 heterocycles. The highest BCUT2D eigenvalue weighted by molar-refractivity contribution is 4.59. The molecule has 0 amide bonds. The number of aliphatic hydroxyl groups excluding tert-OH is 3. The molecule has 3 nitrogen and oxygen atoms in total. The predicted octanol–water partition coefficient (Wildman–Crippen LogP) is 4.68. The van der Waals surface area contributed by atoms with Crippen LogP contribution in [0.3, 0.4) is 0 Å². The van der Waals surface area contributed by atoms with E-state index in [9.17, 15) is 5.11 Å². The van der Waals surface area contributed by atoms with Crippen molar-refractivity contribution >= 4 is 0 Å². The quantitative estimate of drug-likeness (QED) is 0.408. The van der Waals surface area contributed by atoms with Gasteiger partial charge in [-0.15, -0.1) is 0 Å². The van der Waals surface area contributed by atoms with Crippen molar-refractivity contribution in [3.05, 3.63) is 0 Å². The normalized spacial score (nSPS) is 13.4. The van der Waals surface area contributed by atoms with Crippen molar-refractivity contribution < 1.29 is 15.3 Å². The van der Waals surface area contributed by atoms with E-state index >= 15 is 0 Å². The lowest BCUT2D eigenvalue weighted by Crippen LogP contribution is -2.06. The molecule has 22 heavy (non-hydrogen) atoms. The SMILES string of the molecule is CC(O)CO.CCCCCCCCC(CO)CCCCCC. The maximum Gasteiger partial charge on any atom is 0.0742 e. The standard InChI is InChI=1S/C16H34O.C3H8O2/c1-3-5-7-9-10-12-14-16(15-17)13-11-8-6-4-2;1-3(5)2-4/h16-17H,3-15H2,1-2H3;3-5H,2H2,1H3. The van der Waals surface area contributed by atoms with Crippen molar-refractivity contribution in [1.29, 1.82) is 0 Å². The first-order valence-electron chi connectivity index (χ1n) is 9.52. The van der Waals surface area contributed by atoms with Crippen LogP contribution < -0.4 is 0 Å². The van der Waals surface area contributed by atoms with Gasteiger partial charge in [-0.2, -0.15) is 0 Å². The van der Waals surface area contributed by atoms with E-state index in [2.05, 4.69) is 13.8 Å². The summed E-state index contributed by atoms with van der Waals surface area (Å²) in [5, 5.41) is 25.3. The molecule has 0 spiro atoms. The second kappa shape index (κ2) is 20.9. The van der Waals surface area contributed by atoms with Crippen molar-refractivity contribution in [1.82, 2.24) is 0 Å². The molecule has 136 valence electrons. The topological polar surface area (TPSA) is 60.7 Å². The minimum absolute atomic E-state index is 0.139. The minimum atomic E-state index is -0.560. The molecule has 2 unspecified atom stereocenters. The van der Waals surface area contributed by atoms with Crippen LogP contribution in [0.1, 0.15) is 97.8 Å². The van der Waals surface area contributed by atoms with E-state index in [1.54, 1.807) is 0 Å². The number of unbranched alkanes of at least 4 members (excludes halogenated alkanes) is 8. The van der Waals surface area contributed by atoms with E-state index in [1.165, 1.54) is 84.0 Å². The zero-order valence-electron chi connectivity index (χ0n) is 15.4. The molecule has 0 bridgehead atoms. The Kier molecular flexibility index (Phi) is 22.9. The van der Waals surface area contributed by atoms with Gasteiger partial charge >= 0.3 is 0 Å². The Labute approximate surface area is 139 Å². The molecule has 2 atom stereocenters. The van der Waals surface area contributed by atoms with Crippen LogP contribution in [-0.2, 0) is 0 Å². The molecule has 0 aliphatic heterocycles. The molecule has 0 saturated carbocycles. The van der Waals surface area contributed by atoms with Crippen LogP contribution in [0.2, 0.25) is 0 Å². The molecule has 3 N–H and O–H groups in total. The van der Waals surface area contributed by atoms with Gasteiger partial charge in [-0.25, -0.2) is 0 Å². The maximum atomic E-state index is 9.32. The first kappa shape index (κ1) is 24.1. The number of aliphatic hydroxyl groups is 3. The van der Waals surface area contributed by atoms with E-state index < -0.39 is 6.10 Å². The highest BCUT2D eigenvalue weighted by atomic mass is 16.3. The summed E-state index contributed by atoms with van der Waals surface area (Å²) >= 11 is 0. The smallest absolute Gasteiger partial charge is 0.0742 e. The van der Waals surface area contributed by atoms with Crippen molar-refractivity contribution in [3.8, 4) is 0 Å². The molecule has 0 aromatic carbocycles. The van der Waals surface area contributed by atoms with E-state index in [0.717, 1.165) is 0 Å². The third kappa shape index (κ3) is 22.2. The first-order valence-corrected chi connectivity index (χ1v) is 9.52.